The molecular formula is C26H51N5O2. The first-order chi connectivity index (χ1) is 16.3. The lowest BCUT2D eigenvalue weighted by molar-refractivity contribution is 0.106. The fraction of sp³-hybridized carbons (Fsp3) is 0.769. The van der Waals surface area contributed by atoms with E-state index < -0.39 is 6.10 Å². The van der Waals surface area contributed by atoms with Crippen molar-refractivity contribution in [3.05, 3.63) is 29.8 Å². The Hall–Kier alpha value is -1.22. The molecule has 1 unspecified atom stereocenters. The molecule has 0 aliphatic heterocycles. The first-order valence-electron chi connectivity index (χ1n) is 13.2. The van der Waals surface area contributed by atoms with E-state index in [1.807, 2.05) is 12.1 Å². The maximum atomic E-state index is 10.2. The summed E-state index contributed by atoms with van der Waals surface area (Å²) in [6, 6.07) is 8.24. The highest BCUT2D eigenvalue weighted by molar-refractivity contribution is 5.33. The van der Waals surface area contributed by atoms with Crippen LogP contribution < -0.4 is 31.7 Å². The van der Waals surface area contributed by atoms with Gasteiger partial charge >= 0.3 is 0 Å². The van der Waals surface area contributed by atoms with Crippen molar-refractivity contribution in [2.24, 2.45) is 5.73 Å². The molecule has 1 rings (SSSR count). The Balaban J connectivity index is 2.03. The molecule has 0 bridgehead atoms. The number of para-hydroxylation sites is 1. The zero-order valence-corrected chi connectivity index (χ0v) is 21.0. The fourth-order valence-corrected chi connectivity index (χ4v) is 3.64. The summed E-state index contributed by atoms with van der Waals surface area (Å²) < 4.78 is 5.94. The second-order valence-electron chi connectivity index (χ2n) is 8.69. The molecule has 1 aromatic rings. The molecule has 0 saturated carbocycles. The zero-order chi connectivity index (χ0) is 23.8. The lowest BCUT2D eigenvalue weighted by Gasteiger charge is -2.16. The Morgan fingerprint density at radius 1 is 0.788 bits per heavy atom. The van der Waals surface area contributed by atoms with E-state index in [-0.39, 0.29) is 0 Å². The van der Waals surface area contributed by atoms with E-state index in [4.69, 9.17) is 10.5 Å². The lowest BCUT2D eigenvalue weighted by atomic mass is 10.0. The second-order valence-corrected chi connectivity index (χ2v) is 8.69. The van der Waals surface area contributed by atoms with Crippen molar-refractivity contribution in [3.63, 3.8) is 0 Å². The molecule has 0 amide bonds. The van der Waals surface area contributed by atoms with E-state index in [9.17, 15) is 5.11 Å². The van der Waals surface area contributed by atoms with Gasteiger partial charge in [-0.1, -0.05) is 63.6 Å². The molecule has 7 heteroatoms. The summed E-state index contributed by atoms with van der Waals surface area (Å²) >= 11 is 0. The van der Waals surface area contributed by atoms with Crippen molar-refractivity contribution in [2.75, 3.05) is 65.5 Å². The van der Waals surface area contributed by atoms with Gasteiger partial charge in [0, 0.05) is 58.9 Å². The van der Waals surface area contributed by atoms with E-state index in [0.29, 0.717) is 19.7 Å². The van der Waals surface area contributed by atoms with Crippen LogP contribution in [-0.2, 0) is 6.42 Å². The van der Waals surface area contributed by atoms with Gasteiger partial charge in [-0.25, -0.2) is 0 Å². The van der Waals surface area contributed by atoms with Gasteiger partial charge in [-0.3, -0.25) is 0 Å². The minimum atomic E-state index is -0.515. The molecule has 0 fully saturated rings. The molecule has 0 aliphatic carbocycles. The molecule has 0 heterocycles. The average Bonchev–Trinajstić information content (AvgIpc) is 2.83. The van der Waals surface area contributed by atoms with Crippen molar-refractivity contribution < 1.29 is 9.84 Å². The minimum Gasteiger partial charge on any atom is -0.491 e. The van der Waals surface area contributed by atoms with Crippen LogP contribution in [0.3, 0.4) is 0 Å². The van der Waals surface area contributed by atoms with Crippen molar-refractivity contribution in [1.82, 2.24) is 21.3 Å². The monoisotopic (exact) mass is 465 g/mol. The maximum absolute atomic E-state index is 10.2. The van der Waals surface area contributed by atoms with Gasteiger partial charge < -0.3 is 36.8 Å². The Morgan fingerprint density at radius 2 is 1.36 bits per heavy atom. The Bertz CT molecular complexity index is 547. The highest BCUT2D eigenvalue weighted by Crippen LogP contribution is 2.21. The predicted octanol–water partition coefficient (Wildman–Crippen LogP) is 2.04. The molecule has 7 N–H and O–H groups in total. The third-order valence-corrected chi connectivity index (χ3v) is 5.59. The summed E-state index contributed by atoms with van der Waals surface area (Å²) in [7, 11) is 0. The number of ether oxygens (including phenoxy) is 1. The largest absolute Gasteiger partial charge is 0.491 e. The quantitative estimate of drug-likeness (QED) is 0.130. The first kappa shape index (κ1) is 29.8. The summed E-state index contributed by atoms with van der Waals surface area (Å²) in [5, 5.41) is 23.6. The zero-order valence-electron chi connectivity index (χ0n) is 21.0. The number of nitrogens with two attached hydrogens (primary N) is 1. The van der Waals surface area contributed by atoms with E-state index >= 15 is 0 Å². The lowest BCUT2D eigenvalue weighted by Crippen LogP contribution is -2.38. The van der Waals surface area contributed by atoms with Crippen LogP contribution in [0.15, 0.2) is 24.3 Å². The van der Waals surface area contributed by atoms with Crippen molar-refractivity contribution in [1.29, 1.82) is 0 Å². The minimum absolute atomic E-state index is 0.316. The van der Waals surface area contributed by atoms with Crippen LogP contribution in [0.2, 0.25) is 0 Å². The third-order valence-electron chi connectivity index (χ3n) is 5.59. The molecule has 1 atom stereocenters. The van der Waals surface area contributed by atoms with Gasteiger partial charge in [0.25, 0.3) is 0 Å². The topological polar surface area (TPSA) is 104 Å². The summed E-state index contributed by atoms with van der Waals surface area (Å²) in [6.07, 6.45) is 9.71. The second kappa shape index (κ2) is 22.6. The molecule has 7 nitrogen and oxygen atoms in total. The molecule has 0 spiro atoms. The van der Waals surface area contributed by atoms with Gasteiger partial charge in [-0.2, -0.15) is 0 Å². The summed E-state index contributed by atoms with van der Waals surface area (Å²) in [5.41, 5.74) is 6.68. The summed E-state index contributed by atoms with van der Waals surface area (Å²) in [4.78, 5) is 0. The van der Waals surface area contributed by atoms with Crippen LogP contribution in [0.4, 0.5) is 0 Å². The van der Waals surface area contributed by atoms with Crippen LogP contribution in [-0.4, -0.2) is 76.7 Å². The molecule has 0 aromatic heterocycles. The Kier molecular flexibility index (Phi) is 20.4. The molecule has 0 saturated heterocycles. The summed E-state index contributed by atoms with van der Waals surface area (Å²) in [5.74, 6) is 0.912. The molecule has 33 heavy (non-hydrogen) atoms. The normalized spacial score (nSPS) is 12.2. The van der Waals surface area contributed by atoms with E-state index in [1.165, 1.54) is 50.5 Å². The highest BCUT2D eigenvalue weighted by Gasteiger charge is 2.08. The van der Waals surface area contributed by atoms with Crippen LogP contribution in [0.5, 0.6) is 5.75 Å². The van der Waals surface area contributed by atoms with Gasteiger partial charge in [0.05, 0.1) is 0 Å². The van der Waals surface area contributed by atoms with Gasteiger partial charge in [-0.15, -0.1) is 0 Å². The fourth-order valence-electron chi connectivity index (χ4n) is 3.64. The molecular weight excluding hydrogens is 414 g/mol. The predicted molar refractivity (Wildman–Crippen MR) is 140 cm³/mol. The molecule has 0 radical (unpaired) electrons. The first-order valence-corrected chi connectivity index (χ1v) is 13.2. The number of hydrogen-bond acceptors (Lipinski definition) is 7. The van der Waals surface area contributed by atoms with E-state index in [1.54, 1.807) is 0 Å². The molecule has 192 valence electrons. The van der Waals surface area contributed by atoms with Crippen molar-refractivity contribution >= 4 is 0 Å². The van der Waals surface area contributed by atoms with E-state index in [2.05, 4.69) is 40.3 Å². The van der Waals surface area contributed by atoms with Gasteiger partial charge in [0.15, 0.2) is 0 Å². The SMILES string of the molecule is CCCCCCCCCc1ccccc1OCC(O)CNCCNCCNCCNCCN. The standard InChI is InChI=1S/C26H51N5O2/c1-2-3-4-5-6-7-8-11-24-12-9-10-13-26(24)33-23-25(32)22-31-21-20-30-19-18-29-17-16-28-15-14-27/h9-10,12-13,25,28-32H,2-8,11,14-23,27H2,1H3. The van der Waals surface area contributed by atoms with Crippen LogP contribution in [0.1, 0.15) is 57.4 Å². The molecule has 0 aliphatic rings. The van der Waals surface area contributed by atoms with Crippen molar-refractivity contribution in [2.45, 2.75) is 64.4 Å². The maximum Gasteiger partial charge on any atom is 0.122 e. The number of benzene rings is 1. The average molecular weight is 466 g/mol. The van der Waals surface area contributed by atoms with Crippen molar-refractivity contribution in [3.8, 4) is 5.75 Å². The van der Waals surface area contributed by atoms with Gasteiger partial charge in [0.2, 0.25) is 0 Å². The Morgan fingerprint density at radius 3 is 2.03 bits per heavy atom. The van der Waals surface area contributed by atoms with Crippen LogP contribution in [0.25, 0.3) is 0 Å². The van der Waals surface area contributed by atoms with E-state index in [0.717, 1.165) is 58.0 Å². The smallest absolute Gasteiger partial charge is 0.122 e. The van der Waals surface area contributed by atoms with Gasteiger partial charge in [-0.05, 0) is 24.5 Å². The number of aryl methyl sites for hydroxylation is 1. The third kappa shape index (κ3) is 17.9. The Labute approximate surface area is 202 Å². The van der Waals surface area contributed by atoms with Gasteiger partial charge in [0.1, 0.15) is 18.5 Å². The number of nitrogens with one attached hydrogen (secondary N) is 4. The van der Waals surface area contributed by atoms with Crippen LogP contribution in [0, 0.1) is 0 Å². The number of unbranched alkanes of at least 4 members (excludes halogenated alkanes) is 6. The van der Waals surface area contributed by atoms with Crippen LogP contribution >= 0.6 is 0 Å². The molecule has 1 aromatic carbocycles. The number of aliphatic hydroxyl groups is 1. The number of rotatable bonds is 24. The number of aliphatic hydroxyl groups excluding tert-OH is 1. The highest BCUT2D eigenvalue weighted by atomic mass is 16.5. The summed E-state index contributed by atoms with van der Waals surface area (Å²) in [6.45, 7) is 10.1. The number of hydrogen-bond donors (Lipinski definition) is 6.